The fourth-order valence-electron chi connectivity index (χ4n) is 6.12. The molecule has 1 amide bonds. The summed E-state index contributed by atoms with van der Waals surface area (Å²) in [5.41, 5.74) is 3.36. The van der Waals surface area contributed by atoms with Gasteiger partial charge in [0.15, 0.2) is 34.7 Å². The second-order valence-electron chi connectivity index (χ2n) is 9.99. The van der Waals surface area contributed by atoms with E-state index in [4.69, 9.17) is 10.5 Å². The number of amides is 1. The Balaban J connectivity index is 1.80. The number of hydrogen-bond acceptors (Lipinski definition) is 9. The summed E-state index contributed by atoms with van der Waals surface area (Å²) in [6.07, 6.45) is -0.569. The first kappa shape index (κ1) is 26.2. The molecule has 200 valence electrons. The van der Waals surface area contributed by atoms with E-state index >= 15 is 0 Å². The molecule has 2 aromatic rings. The largest absolute Gasteiger partial charge is 0.507 e. The second kappa shape index (κ2) is 9.39. The molecular formula is C29H25NO9. The third kappa shape index (κ3) is 3.82. The lowest BCUT2D eigenvalue weighted by atomic mass is 9.51. The average molecular weight is 532 g/mol. The number of carbonyl (C=O) groups excluding carboxylic acids is 6. The number of nitrogens with two attached hydrogens (primary N) is 1. The molecule has 2 saturated carbocycles. The number of carbonyl (C=O) groups is 6. The number of aliphatic hydroxyl groups is 1. The number of primary amides is 1. The Morgan fingerprint density at radius 1 is 1.05 bits per heavy atom. The van der Waals surface area contributed by atoms with Crippen LogP contribution in [0.5, 0.6) is 5.75 Å². The highest BCUT2D eigenvalue weighted by atomic mass is 16.5. The smallest absolute Gasteiger partial charge is 0.305 e. The molecule has 2 aromatic carbocycles. The molecule has 0 aliphatic heterocycles. The topological polar surface area (TPSA) is 178 Å². The predicted molar refractivity (Wildman–Crippen MR) is 135 cm³/mol. The zero-order valence-electron chi connectivity index (χ0n) is 20.8. The number of fused-ring (bicyclic) bond motifs is 3. The molecule has 39 heavy (non-hydrogen) atoms. The summed E-state index contributed by atoms with van der Waals surface area (Å²) in [5.74, 6) is -13.6. The molecule has 4 N–H and O–H groups in total. The molecule has 0 saturated heterocycles. The Labute approximate surface area is 222 Å². The minimum absolute atomic E-state index is 0.109. The van der Waals surface area contributed by atoms with Gasteiger partial charge in [-0.25, -0.2) is 0 Å². The summed E-state index contributed by atoms with van der Waals surface area (Å²) in [6.45, 7) is 1.51. The Bertz CT molecular complexity index is 1480. The number of phenolic OH excluding ortho intramolecular Hbond substituents is 1. The number of ether oxygens (including phenoxy) is 1. The van der Waals surface area contributed by atoms with Crippen molar-refractivity contribution in [1.82, 2.24) is 0 Å². The monoisotopic (exact) mass is 531 g/mol. The van der Waals surface area contributed by atoms with E-state index in [1.165, 1.54) is 19.1 Å². The fraction of sp³-hybridized carbons (Fsp3) is 0.310. The first-order chi connectivity index (χ1) is 18.5. The highest BCUT2D eigenvalue weighted by molar-refractivity contribution is 6.32. The van der Waals surface area contributed by atoms with Gasteiger partial charge in [-0.1, -0.05) is 55.5 Å². The standard InChI is InChI=1S/C29H25NO9/c1-2-19(33)39-25-16-12-18(32)22(28(30)37)26(35)29(16,38)27(36)23-21(25)15(11-13-7-4-3-5-8-13)14-9-6-10-17(31)20(14)24(23)34/h3-11,16,21-23,25,31,38H,2,12H2,1H3,(H2,30,37)/t16-,21-,22?,23?,25-,29-/m1/s1. The Morgan fingerprint density at radius 3 is 2.38 bits per heavy atom. The number of esters is 1. The fourth-order valence-corrected chi connectivity index (χ4v) is 6.12. The van der Waals surface area contributed by atoms with Gasteiger partial charge < -0.3 is 20.7 Å². The van der Waals surface area contributed by atoms with E-state index in [1.807, 2.05) is 0 Å². The van der Waals surface area contributed by atoms with Crippen LogP contribution >= 0.6 is 0 Å². The molecule has 0 bridgehead atoms. The predicted octanol–water partition coefficient (Wildman–Crippen LogP) is 1.26. The first-order valence-electron chi connectivity index (χ1n) is 12.5. The van der Waals surface area contributed by atoms with Crippen molar-refractivity contribution < 1.29 is 43.7 Å². The van der Waals surface area contributed by atoms with Crippen LogP contribution in [0.2, 0.25) is 0 Å². The summed E-state index contributed by atoms with van der Waals surface area (Å²) < 4.78 is 5.72. The van der Waals surface area contributed by atoms with Gasteiger partial charge in [0, 0.05) is 24.7 Å². The summed E-state index contributed by atoms with van der Waals surface area (Å²) >= 11 is 0. The number of phenols is 1. The molecule has 0 spiro atoms. The molecule has 5 rings (SSSR count). The van der Waals surface area contributed by atoms with Crippen LogP contribution in [0.3, 0.4) is 0 Å². The van der Waals surface area contributed by atoms with Gasteiger partial charge in [-0.05, 0) is 22.8 Å². The summed E-state index contributed by atoms with van der Waals surface area (Å²) in [7, 11) is 0. The molecule has 2 unspecified atom stereocenters. The zero-order chi connectivity index (χ0) is 28.2. The second-order valence-corrected chi connectivity index (χ2v) is 9.99. The molecule has 0 heterocycles. The van der Waals surface area contributed by atoms with Gasteiger partial charge in [0.2, 0.25) is 5.91 Å². The maximum Gasteiger partial charge on any atom is 0.305 e. The van der Waals surface area contributed by atoms with Crippen molar-refractivity contribution in [1.29, 1.82) is 0 Å². The molecule has 6 atom stereocenters. The van der Waals surface area contributed by atoms with Crippen LogP contribution in [0.15, 0.2) is 48.5 Å². The van der Waals surface area contributed by atoms with Crippen molar-refractivity contribution in [2.75, 3.05) is 0 Å². The Hall–Kier alpha value is -4.44. The lowest BCUT2D eigenvalue weighted by molar-refractivity contribution is -0.194. The van der Waals surface area contributed by atoms with Crippen molar-refractivity contribution in [3.05, 3.63) is 65.2 Å². The molecule has 0 radical (unpaired) electrons. The number of hydrogen-bond donors (Lipinski definition) is 3. The number of benzene rings is 2. The van der Waals surface area contributed by atoms with Gasteiger partial charge in [-0.15, -0.1) is 0 Å². The van der Waals surface area contributed by atoms with Crippen LogP contribution in [-0.4, -0.2) is 56.9 Å². The normalized spacial score (nSPS) is 30.8. The number of ketones is 4. The number of aromatic hydroxyl groups is 1. The number of Topliss-reactive ketones (excluding diaryl/α,β-unsaturated/α-hetero) is 4. The molecule has 2 fully saturated rings. The Kier molecular flexibility index (Phi) is 6.30. The van der Waals surface area contributed by atoms with Crippen molar-refractivity contribution in [3.63, 3.8) is 0 Å². The van der Waals surface area contributed by atoms with Gasteiger partial charge in [0.1, 0.15) is 11.9 Å². The molecule has 0 aromatic heterocycles. The van der Waals surface area contributed by atoms with E-state index in [1.54, 1.807) is 42.5 Å². The van der Waals surface area contributed by atoms with Crippen LogP contribution in [0.1, 0.15) is 41.3 Å². The van der Waals surface area contributed by atoms with Crippen molar-refractivity contribution in [2.45, 2.75) is 31.5 Å². The lowest BCUT2D eigenvalue weighted by Gasteiger charge is -2.52. The van der Waals surface area contributed by atoms with Gasteiger partial charge in [0.25, 0.3) is 0 Å². The van der Waals surface area contributed by atoms with Gasteiger partial charge >= 0.3 is 5.97 Å². The van der Waals surface area contributed by atoms with Crippen molar-refractivity contribution >= 4 is 46.7 Å². The maximum absolute atomic E-state index is 14.0. The maximum atomic E-state index is 14.0. The molecule has 10 heteroatoms. The van der Waals surface area contributed by atoms with Crippen LogP contribution in [0.4, 0.5) is 0 Å². The SMILES string of the molecule is CCC(=O)O[C@H]1[C@@H]2C(=Cc3ccccc3)c3cccc(O)c3C(=O)C2C(=O)[C@]2(O)C(=O)C(C(N)=O)C(=O)C[C@H]12. The molecular weight excluding hydrogens is 506 g/mol. The Morgan fingerprint density at radius 2 is 1.74 bits per heavy atom. The van der Waals surface area contributed by atoms with E-state index in [2.05, 4.69) is 0 Å². The van der Waals surface area contributed by atoms with E-state index in [9.17, 15) is 39.0 Å². The van der Waals surface area contributed by atoms with Crippen LogP contribution in [-0.2, 0) is 28.7 Å². The minimum Gasteiger partial charge on any atom is -0.507 e. The summed E-state index contributed by atoms with van der Waals surface area (Å²) in [6, 6.07) is 13.2. The molecule has 3 aliphatic carbocycles. The third-order valence-corrected chi connectivity index (χ3v) is 7.89. The highest BCUT2D eigenvalue weighted by Crippen LogP contribution is 2.55. The quantitative estimate of drug-likeness (QED) is 0.387. The van der Waals surface area contributed by atoms with Gasteiger partial charge in [-0.2, -0.15) is 0 Å². The third-order valence-electron chi connectivity index (χ3n) is 7.89. The van der Waals surface area contributed by atoms with E-state index in [0.717, 1.165) is 0 Å². The van der Waals surface area contributed by atoms with E-state index in [-0.39, 0.29) is 17.5 Å². The van der Waals surface area contributed by atoms with Crippen molar-refractivity contribution in [3.8, 4) is 5.75 Å². The number of rotatable bonds is 4. The highest BCUT2D eigenvalue weighted by Gasteiger charge is 2.70. The zero-order valence-corrected chi connectivity index (χ0v) is 20.8. The van der Waals surface area contributed by atoms with Crippen molar-refractivity contribution in [2.24, 2.45) is 29.4 Å². The average Bonchev–Trinajstić information content (AvgIpc) is 2.90. The first-order valence-corrected chi connectivity index (χ1v) is 12.5. The minimum atomic E-state index is -3.00. The van der Waals surface area contributed by atoms with Gasteiger partial charge in [0.05, 0.1) is 11.5 Å². The van der Waals surface area contributed by atoms with Crippen LogP contribution < -0.4 is 5.73 Å². The van der Waals surface area contributed by atoms with Crippen LogP contribution in [0.25, 0.3) is 11.6 Å². The summed E-state index contributed by atoms with van der Waals surface area (Å²) in [5, 5.41) is 22.3. The van der Waals surface area contributed by atoms with Crippen LogP contribution in [0, 0.1) is 23.7 Å². The lowest BCUT2D eigenvalue weighted by Crippen LogP contribution is -2.72. The molecule has 3 aliphatic rings. The summed E-state index contributed by atoms with van der Waals surface area (Å²) in [4.78, 5) is 78.8. The molecule has 10 nitrogen and oxygen atoms in total. The van der Waals surface area contributed by atoms with Gasteiger partial charge in [-0.3, -0.25) is 28.8 Å². The van der Waals surface area contributed by atoms with E-state index in [0.29, 0.717) is 11.1 Å². The van der Waals surface area contributed by atoms with E-state index < -0.39 is 82.6 Å².